The molecule has 0 aliphatic carbocycles. The van der Waals surface area contributed by atoms with Crippen LogP contribution in [0, 0.1) is 0 Å². The molecule has 0 radical (unpaired) electrons. The molecule has 1 nitrogen and oxygen atoms in total. The van der Waals surface area contributed by atoms with Crippen molar-refractivity contribution < 1.29 is 5.11 Å². The fourth-order valence-corrected chi connectivity index (χ4v) is 1.63. The second-order valence-electron chi connectivity index (χ2n) is 3.47. The fourth-order valence-electron chi connectivity index (χ4n) is 1.50. The van der Waals surface area contributed by atoms with E-state index in [-0.39, 0.29) is 0 Å². The SMILES string of the molecule is Oc1cccc(Cc2ccc(Cl)cc2)c1. The van der Waals surface area contributed by atoms with E-state index < -0.39 is 0 Å². The van der Waals surface area contributed by atoms with E-state index in [0.29, 0.717) is 5.75 Å². The molecule has 2 aromatic rings. The van der Waals surface area contributed by atoms with Gasteiger partial charge in [0.2, 0.25) is 0 Å². The highest BCUT2D eigenvalue weighted by Gasteiger charge is 1.97. The molecule has 0 amide bonds. The van der Waals surface area contributed by atoms with Crippen LogP contribution in [0.3, 0.4) is 0 Å². The average Bonchev–Trinajstić information content (AvgIpc) is 2.22. The second kappa shape index (κ2) is 4.37. The predicted octanol–water partition coefficient (Wildman–Crippen LogP) is 3.64. The first kappa shape index (κ1) is 10.1. The van der Waals surface area contributed by atoms with Crippen LogP contribution in [-0.2, 0) is 6.42 Å². The lowest BCUT2D eigenvalue weighted by molar-refractivity contribution is 0.474. The average molecular weight is 219 g/mol. The van der Waals surface area contributed by atoms with E-state index in [2.05, 4.69) is 0 Å². The van der Waals surface area contributed by atoms with Crippen LogP contribution in [-0.4, -0.2) is 5.11 Å². The van der Waals surface area contributed by atoms with Crippen molar-refractivity contribution in [2.75, 3.05) is 0 Å². The van der Waals surface area contributed by atoms with Gasteiger partial charge < -0.3 is 5.11 Å². The summed E-state index contributed by atoms with van der Waals surface area (Å²) in [5, 5.41) is 10.1. The van der Waals surface area contributed by atoms with E-state index in [4.69, 9.17) is 11.6 Å². The molecule has 0 aliphatic rings. The minimum absolute atomic E-state index is 0.307. The van der Waals surface area contributed by atoms with Crippen LogP contribution in [0.15, 0.2) is 48.5 Å². The monoisotopic (exact) mass is 218 g/mol. The van der Waals surface area contributed by atoms with Gasteiger partial charge in [-0.15, -0.1) is 0 Å². The highest BCUT2D eigenvalue weighted by Crippen LogP contribution is 2.16. The van der Waals surface area contributed by atoms with Crippen molar-refractivity contribution in [1.82, 2.24) is 0 Å². The summed E-state index contributed by atoms with van der Waals surface area (Å²) in [7, 11) is 0. The van der Waals surface area contributed by atoms with Gasteiger partial charge in [0.25, 0.3) is 0 Å². The van der Waals surface area contributed by atoms with Gasteiger partial charge >= 0.3 is 0 Å². The van der Waals surface area contributed by atoms with Crippen LogP contribution < -0.4 is 0 Å². The van der Waals surface area contributed by atoms with Crippen molar-refractivity contribution in [1.29, 1.82) is 0 Å². The predicted molar refractivity (Wildman–Crippen MR) is 62.4 cm³/mol. The van der Waals surface area contributed by atoms with Crippen LogP contribution in [0.5, 0.6) is 5.75 Å². The summed E-state index contributed by atoms with van der Waals surface area (Å²) in [6, 6.07) is 15.0. The number of benzene rings is 2. The lowest BCUT2D eigenvalue weighted by atomic mass is 10.1. The maximum absolute atomic E-state index is 9.31. The number of phenolic OH excluding ortho intramolecular Hbond substituents is 1. The quantitative estimate of drug-likeness (QED) is 0.816. The summed E-state index contributed by atoms with van der Waals surface area (Å²) in [5.41, 5.74) is 2.28. The fraction of sp³-hybridized carbons (Fsp3) is 0.0769. The first-order valence-electron chi connectivity index (χ1n) is 4.76. The Labute approximate surface area is 94.0 Å². The number of rotatable bonds is 2. The molecular formula is C13H11ClO. The molecule has 0 saturated carbocycles. The molecule has 0 unspecified atom stereocenters. The number of hydrogen-bond acceptors (Lipinski definition) is 1. The molecule has 0 bridgehead atoms. The van der Waals surface area contributed by atoms with E-state index >= 15 is 0 Å². The highest BCUT2D eigenvalue weighted by atomic mass is 35.5. The van der Waals surface area contributed by atoms with Crippen LogP contribution >= 0.6 is 11.6 Å². The Morgan fingerprint density at radius 2 is 1.67 bits per heavy atom. The van der Waals surface area contributed by atoms with Gasteiger partial charge in [-0.1, -0.05) is 35.9 Å². The van der Waals surface area contributed by atoms with Crippen LogP contribution in [0.2, 0.25) is 5.02 Å². The van der Waals surface area contributed by atoms with Gasteiger partial charge in [0.05, 0.1) is 0 Å². The Hall–Kier alpha value is -1.47. The molecule has 0 heterocycles. The van der Waals surface area contributed by atoms with E-state index in [0.717, 1.165) is 17.0 Å². The Kier molecular flexibility index (Phi) is 2.93. The molecule has 0 spiro atoms. The summed E-state index contributed by atoms with van der Waals surface area (Å²) in [5.74, 6) is 0.307. The third-order valence-electron chi connectivity index (χ3n) is 2.23. The maximum Gasteiger partial charge on any atom is 0.115 e. The largest absolute Gasteiger partial charge is 0.508 e. The third-order valence-corrected chi connectivity index (χ3v) is 2.48. The van der Waals surface area contributed by atoms with Gasteiger partial charge in [0.1, 0.15) is 5.75 Å². The van der Waals surface area contributed by atoms with Crippen molar-refractivity contribution >= 4 is 11.6 Å². The Bertz CT molecular complexity index is 448. The molecule has 0 aliphatic heterocycles. The zero-order valence-electron chi connectivity index (χ0n) is 8.15. The van der Waals surface area contributed by atoms with E-state index in [1.54, 1.807) is 12.1 Å². The van der Waals surface area contributed by atoms with Gasteiger partial charge in [-0.05, 0) is 41.8 Å². The molecule has 15 heavy (non-hydrogen) atoms. The first-order chi connectivity index (χ1) is 7.24. The minimum Gasteiger partial charge on any atom is -0.508 e. The van der Waals surface area contributed by atoms with Crippen molar-refractivity contribution in [3.05, 3.63) is 64.7 Å². The maximum atomic E-state index is 9.31. The van der Waals surface area contributed by atoms with Gasteiger partial charge in [0.15, 0.2) is 0 Å². The zero-order chi connectivity index (χ0) is 10.7. The Morgan fingerprint density at radius 1 is 0.933 bits per heavy atom. The van der Waals surface area contributed by atoms with Crippen molar-refractivity contribution in [2.45, 2.75) is 6.42 Å². The van der Waals surface area contributed by atoms with Gasteiger partial charge in [-0.25, -0.2) is 0 Å². The summed E-state index contributed by atoms with van der Waals surface area (Å²) in [4.78, 5) is 0. The van der Waals surface area contributed by atoms with E-state index in [1.807, 2.05) is 36.4 Å². The zero-order valence-corrected chi connectivity index (χ0v) is 8.91. The normalized spacial score (nSPS) is 10.2. The summed E-state index contributed by atoms with van der Waals surface area (Å²) < 4.78 is 0. The number of hydrogen-bond donors (Lipinski definition) is 1. The van der Waals surface area contributed by atoms with Crippen LogP contribution in [0.1, 0.15) is 11.1 Å². The Balaban J connectivity index is 2.18. The van der Waals surface area contributed by atoms with E-state index in [9.17, 15) is 5.11 Å². The first-order valence-corrected chi connectivity index (χ1v) is 5.14. The number of aromatic hydroxyl groups is 1. The molecule has 76 valence electrons. The smallest absolute Gasteiger partial charge is 0.115 e. The van der Waals surface area contributed by atoms with Gasteiger partial charge in [0, 0.05) is 5.02 Å². The van der Waals surface area contributed by atoms with Gasteiger partial charge in [-0.2, -0.15) is 0 Å². The molecule has 0 saturated heterocycles. The van der Waals surface area contributed by atoms with Gasteiger partial charge in [-0.3, -0.25) is 0 Å². The summed E-state index contributed by atoms with van der Waals surface area (Å²) >= 11 is 5.80. The molecule has 2 heteroatoms. The molecule has 1 N–H and O–H groups in total. The van der Waals surface area contributed by atoms with Crippen molar-refractivity contribution in [2.24, 2.45) is 0 Å². The lowest BCUT2D eigenvalue weighted by Crippen LogP contribution is -1.86. The highest BCUT2D eigenvalue weighted by molar-refractivity contribution is 6.30. The molecule has 2 aromatic carbocycles. The minimum atomic E-state index is 0.307. The van der Waals surface area contributed by atoms with Crippen molar-refractivity contribution in [3.8, 4) is 5.75 Å². The van der Waals surface area contributed by atoms with E-state index in [1.165, 1.54) is 5.56 Å². The third kappa shape index (κ3) is 2.74. The van der Waals surface area contributed by atoms with Crippen LogP contribution in [0.4, 0.5) is 0 Å². The summed E-state index contributed by atoms with van der Waals surface area (Å²) in [6.45, 7) is 0. The molecule has 2 rings (SSSR count). The Morgan fingerprint density at radius 3 is 2.33 bits per heavy atom. The molecule has 0 aromatic heterocycles. The number of halogens is 1. The second-order valence-corrected chi connectivity index (χ2v) is 3.91. The topological polar surface area (TPSA) is 20.2 Å². The summed E-state index contributed by atoms with van der Waals surface area (Å²) in [6.07, 6.45) is 0.811. The molecule has 0 fully saturated rings. The van der Waals surface area contributed by atoms with Crippen molar-refractivity contribution in [3.63, 3.8) is 0 Å². The lowest BCUT2D eigenvalue weighted by Gasteiger charge is -2.02. The number of phenols is 1. The van der Waals surface area contributed by atoms with Crippen LogP contribution in [0.25, 0.3) is 0 Å². The standard InChI is InChI=1S/C13H11ClO/c14-12-6-4-10(5-7-12)8-11-2-1-3-13(15)9-11/h1-7,9,15H,8H2. The molecular weight excluding hydrogens is 208 g/mol. The molecule has 0 atom stereocenters.